The average molecular weight is 148 g/mol. The number of aryl methyl sites for hydroxylation is 1. The quantitative estimate of drug-likeness (QED) is 0.371. The zero-order valence-electron chi connectivity index (χ0n) is 5.64. The number of rotatable bonds is 0. The van der Waals surface area contributed by atoms with Gasteiger partial charge < -0.3 is 4.98 Å². The van der Waals surface area contributed by atoms with E-state index in [0.29, 0.717) is 0 Å². The smallest absolute Gasteiger partial charge is 0.350 e. The maximum absolute atomic E-state index is 4.84. The first-order valence-electron chi connectivity index (χ1n) is 2.45. The molecule has 0 aliphatic rings. The fourth-order valence-corrected chi connectivity index (χ4v) is 0.797. The van der Waals surface area contributed by atoms with Gasteiger partial charge in [-0.15, -0.1) is 0 Å². The van der Waals surface area contributed by atoms with E-state index in [2.05, 4.69) is 4.98 Å². The number of aromatic amines is 1. The van der Waals surface area contributed by atoms with E-state index in [-0.39, 0.29) is 29.6 Å². The number of aromatic nitrogens is 1. The van der Waals surface area contributed by atoms with Gasteiger partial charge in [0.15, 0.2) is 0 Å². The van der Waals surface area contributed by atoms with E-state index in [1.54, 1.807) is 0 Å². The molecule has 1 aromatic rings. The molecule has 0 saturated heterocycles. The van der Waals surface area contributed by atoms with Crippen LogP contribution in [0.3, 0.4) is 0 Å². The van der Waals surface area contributed by atoms with Crippen molar-refractivity contribution in [2.45, 2.75) is 6.92 Å². The minimum absolute atomic E-state index is 0. The Bertz CT molecular complexity index is 230. The normalized spacial score (nSPS) is 8.11. The molecule has 0 amide bonds. The summed E-state index contributed by atoms with van der Waals surface area (Å²) in [6.07, 6.45) is 0. The predicted molar refractivity (Wildman–Crippen MR) is 36.4 cm³/mol. The zero-order valence-corrected chi connectivity index (χ0v) is 8.46. The first-order chi connectivity index (χ1) is 3.79. The summed E-state index contributed by atoms with van der Waals surface area (Å²) in [5.41, 5.74) is 1.11. The topological polar surface area (TPSA) is 15.8 Å². The molecule has 1 N–H and O–H groups in total. The van der Waals surface area contributed by atoms with Crippen LogP contribution < -0.4 is 29.6 Å². The van der Waals surface area contributed by atoms with Crippen molar-refractivity contribution in [3.63, 3.8) is 0 Å². The molecule has 3 heteroatoms. The molecule has 0 aromatic carbocycles. The molecule has 1 rings (SSSR count). The van der Waals surface area contributed by atoms with Gasteiger partial charge in [-0.1, -0.05) is 18.3 Å². The van der Waals surface area contributed by atoms with Crippen molar-refractivity contribution in [1.29, 1.82) is 0 Å². The second-order valence-corrected chi connectivity index (χ2v) is 2.14. The van der Waals surface area contributed by atoms with Crippen molar-refractivity contribution < 1.29 is 29.6 Å². The van der Waals surface area contributed by atoms with Crippen LogP contribution in [0, 0.1) is 11.6 Å². The second kappa shape index (κ2) is 4.23. The van der Waals surface area contributed by atoms with Gasteiger partial charge in [-0.05, 0) is 19.1 Å². The number of nitrogens with one attached hydrogen (secondary N) is 1. The number of H-pyrrole nitrogens is 1. The first kappa shape index (κ1) is 9.37. The molecule has 1 nitrogen and oxygen atoms in total. The largest absolute Gasteiger partial charge is 1.00 e. The minimum atomic E-state index is 0. The monoisotopic (exact) mass is 148 g/mol. The summed E-state index contributed by atoms with van der Waals surface area (Å²) in [5, 5.41) is 0. The Morgan fingerprint density at radius 2 is 2.11 bits per heavy atom. The molecule has 0 radical (unpaired) electrons. The molecule has 0 bridgehead atoms. The van der Waals surface area contributed by atoms with E-state index in [1.807, 2.05) is 25.1 Å². The molecule has 0 aliphatic carbocycles. The Kier molecular flexibility index (Phi) is 4.40. The Morgan fingerprint density at radius 3 is 2.44 bits per heavy atom. The van der Waals surface area contributed by atoms with E-state index >= 15 is 0 Å². The van der Waals surface area contributed by atoms with Crippen molar-refractivity contribution in [3.8, 4) is 0 Å². The van der Waals surface area contributed by atoms with E-state index in [1.165, 1.54) is 0 Å². The Balaban J connectivity index is 0.000000640. The number of hydrogen-bond acceptors (Lipinski definition) is 1. The third-order valence-corrected chi connectivity index (χ3v) is 1.15. The van der Waals surface area contributed by atoms with Gasteiger partial charge in [0.05, 0.1) is 0 Å². The van der Waals surface area contributed by atoms with Crippen LogP contribution >= 0.6 is 12.2 Å². The maximum atomic E-state index is 4.84. The van der Waals surface area contributed by atoms with Crippen molar-refractivity contribution in [3.05, 3.63) is 28.5 Å². The van der Waals surface area contributed by atoms with E-state index in [0.717, 1.165) is 10.3 Å². The summed E-state index contributed by atoms with van der Waals surface area (Å²) >= 11 is 4.84. The molecular formula is C6H7NNaS+. The Labute approximate surface area is 81.8 Å². The summed E-state index contributed by atoms with van der Waals surface area (Å²) in [5.74, 6) is 0. The van der Waals surface area contributed by atoms with Gasteiger partial charge >= 0.3 is 29.6 Å². The van der Waals surface area contributed by atoms with Crippen LogP contribution in [-0.4, -0.2) is 4.98 Å². The van der Waals surface area contributed by atoms with Crippen LogP contribution in [0.2, 0.25) is 0 Å². The third-order valence-electron chi connectivity index (χ3n) is 0.914. The molecule has 1 aromatic heterocycles. The Morgan fingerprint density at radius 1 is 1.44 bits per heavy atom. The summed E-state index contributed by atoms with van der Waals surface area (Å²) in [7, 11) is 0. The van der Waals surface area contributed by atoms with Gasteiger partial charge in [0, 0.05) is 5.69 Å². The standard InChI is InChI=1S/C6H7NS.Na/c1-5-3-2-4-6(8)7-5;/h2-4H,1H3,(H,7,8);/q;+1. The van der Waals surface area contributed by atoms with Crippen LogP contribution in [0.5, 0.6) is 0 Å². The van der Waals surface area contributed by atoms with Crippen molar-refractivity contribution in [1.82, 2.24) is 4.98 Å². The van der Waals surface area contributed by atoms with Gasteiger partial charge in [0.25, 0.3) is 0 Å². The molecule has 0 unspecified atom stereocenters. The summed E-state index contributed by atoms with van der Waals surface area (Å²) in [6, 6.07) is 5.78. The van der Waals surface area contributed by atoms with Gasteiger partial charge in [0.2, 0.25) is 0 Å². The molecule has 9 heavy (non-hydrogen) atoms. The van der Waals surface area contributed by atoms with Gasteiger partial charge in [-0.3, -0.25) is 0 Å². The van der Waals surface area contributed by atoms with Crippen molar-refractivity contribution in [2.75, 3.05) is 0 Å². The van der Waals surface area contributed by atoms with Crippen molar-refractivity contribution >= 4 is 12.2 Å². The molecule has 42 valence electrons. The van der Waals surface area contributed by atoms with E-state index in [9.17, 15) is 0 Å². The minimum Gasteiger partial charge on any atom is -0.350 e. The van der Waals surface area contributed by atoms with Crippen LogP contribution in [0.25, 0.3) is 0 Å². The van der Waals surface area contributed by atoms with Crippen LogP contribution in [0.1, 0.15) is 5.69 Å². The molecule has 0 saturated carbocycles. The van der Waals surface area contributed by atoms with Crippen LogP contribution in [0.15, 0.2) is 18.2 Å². The molecule has 0 atom stereocenters. The molecule has 0 fully saturated rings. The number of pyridine rings is 1. The number of hydrogen-bond donors (Lipinski definition) is 1. The van der Waals surface area contributed by atoms with E-state index in [4.69, 9.17) is 12.2 Å². The average Bonchev–Trinajstić information content (AvgIpc) is 1.64. The summed E-state index contributed by atoms with van der Waals surface area (Å²) in [4.78, 5) is 2.98. The molecule has 0 spiro atoms. The van der Waals surface area contributed by atoms with Gasteiger partial charge in [-0.25, -0.2) is 0 Å². The third kappa shape index (κ3) is 3.16. The first-order valence-corrected chi connectivity index (χ1v) is 2.86. The molecule has 1 heterocycles. The Hall–Kier alpha value is 0.370. The second-order valence-electron chi connectivity index (χ2n) is 1.70. The zero-order chi connectivity index (χ0) is 5.98. The fraction of sp³-hybridized carbons (Fsp3) is 0.167. The van der Waals surface area contributed by atoms with Gasteiger partial charge in [0.1, 0.15) is 4.64 Å². The summed E-state index contributed by atoms with van der Waals surface area (Å²) in [6.45, 7) is 1.98. The predicted octanol–water partition coefficient (Wildman–Crippen LogP) is -0.943. The van der Waals surface area contributed by atoms with Crippen LogP contribution in [0.4, 0.5) is 0 Å². The summed E-state index contributed by atoms with van der Waals surface area (Å²) < 4.78 is 0.796. The van der Waals surface area contributed by atoms with Gasteiger partial charge in [-0.2, -0.15) is 0 Å². The maximum Gasteiger partial charge on any atom is 1.00 e. The SMILES string of the molecule is Cc1cccc(=S)[nH]1.[Na+]. The van der Waals surface area contributed by atoms with E-state index < -0.39 is 0 Å². The molecule has 0 aliphatic heterocycles. The van der Waals surface area contributed by atoms with Crippen LogP contribution in [-0.2, 0) is 0 Å². The fourth-order valence-electron chi connectivity index (χ4n) is 0.558. The van der Waals surface area contributed by atoms with Crippen molar-refractivity contribution in [2.24, 2.45) is 0 Å². The molecular weight excluding hydrogens is 141 g/mol.